The van der Waals surface area contributed by atoms with Gasteiger partial charge in [-0.3, -0.25) is 9.59 Å². The molecule has 186 valence electrons. The lowest BCUT2D eigenvalue weighted by molar-refractivity contribution is -0.118. The van der Waals surface area contributed by atoms with E-state index < -0.39 is 5.82 Å². The monoisotopic (exact) mass is 508 g/mol. The summed E-state index contributed by atoms with van der Waals surface area (Å²) in [5.41, 5.74) is 2.04. The van der Waals surface area contributed by atoms with Crippen molar-refractivity contribution in [2.75, 3.05) is 12.3 Å². The quantitative estimate of drug-likeness (QED) is 0.187. The summed E-state index contributed by atoms with van der Waals surface area (Å²) in [7, 11) is 0. The molecular formula is C27H26F2N4O2S. The number of rotatable bonds is 11. The van der Waals surface area contributed by atoms with Crippen LogP contribution in [0, 0.1) is 11.6 Å². The van der Waals surface area contributed by atoms with Gasteiger partial charge >= 0.3 is 0 Å². The number of H-pyrrole nitrogens is 1. The van der Waals surface area contributed by atoms with Gasteiger partial charge in [0.05, 0.1) is 22.8 Å². The van der Waals surface area contributed by atoms with E-state index in [1.807, 2.05) is 24.3 Å². The summed E-state index contributed by atoms with van der Waals surface area (Å²) in [6.07, 6.45) is 2.06. The van der Waals surface area contributed by atoms with E-state index in [0.717, 1.165) is 28.8 Å². The average Bonchev–Trinajstić information content (AvgIpc) is 3.32. The SMILES string of the molecule is O=C(CSc1ccc(F)cc1)NCCCCC(NC(=O)c1ccc(F)cc1)c1nc2ccccc2[nH]1. The summed E-state index contributed by atoms with van der Waals surface area (Å²) in [6, 6.07) is 18.7. The highest BCUT2D eigenvalue weighted by molar-refractivity contribution is 8.00. The van der Waals surface area contributed by atoms with E-state index in [-0.39, 0.29) is 29.4 Å². The summed E-state index contributed by atoms with van der Waals surface area (Å²) in [4.78, 5) is 33.6. The standard InChI is InChI=1S/C27H26F2N4O2S/c28-19-10-8-18(9-11-19)27(35)33-24(26-31-22-5-1-2-6-23(22)32-26)7-3-4-16-30-25(34)17-36-21-14-12-20(29)13-15-21/h1-2,5-6,8-15,24H,3-4,7,16-17H2,(H,30,34)(H,31,32)(H,33,35). The van der Waals surface area contributed by atoms with Crippen LogP contribution in [0.15, 0.2) is 77.7 Å². The molecule has 0 aliphatic rings. The number of imidazole rings is 1. The Labute approximate surface area is 211 Å². The van der Waals surface area contributed by atoms with Gasteiger partial charge in [-0.15, -0.1) is 11.8 Å². The second kappa shape index (κ2) is 12.3. The first-order chi connectivity index (χ1) is 17.5. The van der Waals surface area contributed by atoms with Crippen molar-refractivity contribution in [1.29, 1.82) is 0 Å². The number of aromatic amines is 1. The zero-order valence-electron chi connectivity index (χ0n) is 19.5. The maximum absolute atomic E-state index is 13.2. The van der Waals surface area contributed by atoms with Gasteiger partial charge in [0.1, 0.15) is 17.5 Å². The van der Waals surface area contributed by atoms with E-state index in [9.17, 15) is 18.4 Å². The number of nitrogens with zero attached hydrogens (tertiary/aromatic N) is 1. The molecule has 4 aromatic rings. The van der Waals surface area contributed by atoms with Gasteiger partial charge in [-0.05, 0) is 79.9 Å². The van der Waals surface area contributed by atoms with Crippen LogP contribution in [0.3, 0.4) is 0 Å². The van der Waals surface area contributed by atoms with E-state index in [4.69, 9.17) is 0 Å². The highest BCUT2D eigenvalue weighted by Crippen LogP contribution is 2.21. The Morgan fingerprint density at radius 2 is 1.61 bits per heavy atom. The third-order valence-corrected chi connectivity index (χ3v) is 6.59. The molecule has 6 nitrogen and oxygen atoms in total. The van der Waals surface area contributed by atoms with E-state index in [2.05, 4.69) is 20.6 Å². The topological polar surface area (TPSA) is 86.9 Å². The summed E-state index contributed by atoms with van der Waals surface area (Å²) < 4.78 is 26.2. The van der Waals surface area contributed by atoms with Crippen LogP contribution in [0.1, 0.15) is 41.5 Å². The molecule has 0 radical (unpaired) electrons. The van der Waals surface area contributed by atoms with Gasteiger partial charge in [-0.25, -0.2) is 13.8 Å². The molecule has 3 N–H and O–H groups in total. The van der Waals surface area contributed by atoms with Crippen LogP contribution in [0.2, 0.25) is 0 Å². The lowest BCUT2D eigenvalue weighted by atomic mass is 10.1. The molecule has 0 saturated heterocycles. The van der Waals surface area contributed by atoms with E-state index in [0.29, 0.717) is 24.4 Å². The van der Waals surface area contributed by atoms with Crippen molar-refractivity contribution >= 4 is 34.6 Å². The number of fused-ring (bicyclic) bond motifs is 1. The molecule has 0 aliphatic heterocycles. The molecule has 2 amide bonds. The van der Waals surface area contributed by atoms with Crippen molar-refractivity contribution in [3.8, 4) is 0 Å². The molecular weight excluding hydrogens is 482 g/mol. The van der Waals surface area contributed by atoms with E-state index in [1.54, 1.807) is 12.1 Å². The zero-order chi connectivity index (χ0) is 25.3. The summed E-state index contributed by atoms with van der Waals surface area (Å²) >= 11 is 1.35. The molecule has 36 heavy (non-hydrogen) atoms. The fourth-order valence-corrected chi connectivity index (χ4v) is 4.42. The lowest BCUT2D eigenvalue weighted by Gasteiger charge is -2.17. The van der Waals surface area contributed by atoms with Gasteiger partial charge in [-0.1, -0.05) is 12.1 Å². The molecule has 4 rings (SSSR count). The average molecular weight is 509 g/mol. The summed E-state index contributed by atoms with van der Waals surface area (Å²) in [6.45, 7) is 0.502. The molecule has 9 heteroatoms. The second-order valence-electron chi connectivity index (χ2n) is 8.26. The van der Waals surface area contributed by atoms with Gasteiger partial charge in [0.2, 0.25) is 5.91 Å². The first-order valence-corrected chi connectivity index (χ1v) is 12.6. The highest BCUT2D eigenvalue weighted by atomic mass is 32.2. The number of thioether (sulfide) groups is 1. The number of hydrogen-bond acceptors (Lipinski definition) is 4. The molecule has 1 unspecified atom stereocenters. The normalized spacial score (nSPS) is 11.8. The fraction of sp³-hybridized carbons (Fsp3) is 0.222. The van der Waals surface area contributed by atoms with Gasteiger partial charge in [0, 0.05) is 17.0 Å². The molecule has 1 aromatic heterocycles. The molecule has 1 atom stereocenters. The predicted molar refractivity (Wildman–Crippen MR) is 137 cm³/mol. The number of halogens is 2. The van der Waals surface area contributed by atoms with Crippen molar-refractivity contribution in [2.45, 2.75) is 30.2 Å². The first kappa shape index (κ1) is 25.4. The molecule has 0 bridgehead atoms. The summed E-state index contributed by atoms with van der Waals surface area (Å²) in [5, 5.41) is 5.89. The van der Waals surface area contributed by atoms with Crippen molar-refractivity contribution in [2.24, 2.45) is 0 Å². The van der Waals surface area contributed by atoms with Crippen LogP contribution in [0.25, 0.3) is 11.0 Å². The minimum absolute atomic E-state index is 0.0947. The van der Waals surface area contributed by atoms with E-state index in [1.165, 1.54) is 48.2 Å². The Morgan fingerprint density at radius 1 is 0.917 bits per heavy atom. The van der Waals surface area contributed by atoms with Gasteiger partial charge < -0.3 is 15.6 Å². The Kier molecular flexibility index (Phi) is 8.67. The third kappa shape index (κ3) is 7.14. The zero-order valence-corrected chi connectivity index (χ0v) is 20.3. The van der Waals surface area contributed by atoms with Crippen molar-refractivity contribution in [3.63, 3.8) is 0 Å². The van der Waals surface area contributed by atoms with Crippen LogP contribution in [0.5, 0.6) is 0 Å². The number of benzene rings is 3. The predicted octanol–water partition coefficient (Wildman–Crippen LogP) is 5.39. The Hall–Kier alpha value is -3.72. The van der Waals surface area contributed by atoms with Crippen molar-refractivity contribution < 1.29 is 18.4 Å². The number of aromatic nitrogens is 2. The largest absolute Gasteiger partial charge is 0.355 e. The second-order valence-corrected chi connectivity index (χ2v) is 9.31. The number of unbranched alkanes of at least 4 members (excludes halogenated alkanes) is 1. The maximum atomic E-state index is 13.2. The van der Waals surface area contributed by atoms with Crippen molar-refractivity contribution in [3.05, 3.63) is 95.8 Å². The Morgan fingerprint density at radius 3 is 2.33 bits per heavy atom. The highest BCUT2D eigenvalue weighted by Gasteiger charge is 2.19. The maximum Gasteiger partial charge on any atom is 0.251 e. The van der Waals surface area contributed by atoms with Crippen LogP contribution in [-0.4, -0.2) is 34.1 Å². The van der Waals surface area contributed by atoms with Crippen LogP contribution < -0.4 is 10.6 Å². The number of amides is 2. The van der Waals surface area contributed by atoms with Crippen molar-refractivity contribution in [1.82, 2.24) is 20.6 Å². The van der Waals surface area contributed by atoms with Gasteiger partial charge in [0.15, 0.2) is 0 Å². The molecule has 3 aromatic carbocycles. The van der Waals surface area contributed by atoms with Crippen LogP contribution in [-0.2, 0) is 4.79 Å². The lowest BCUT2D eigenvalue weighted by Crippen LogP contribution is -2.30. The fourth-order valence-electron chi connectivity index (χ4n) is 3.69. The van der Waals surface area contributed by atoms with Gasteiger partial charge in [0.25, 0.3) is 5.91 Å². The number of hydrogen-bond donors (Lipinski definition) is 3. The Bertz CT molecular complexity index is 1280. The smallest absolute Gasteiger partial charge is 0.251 e. The minimum Gasteiger partial charge on any atom is -0.355 e. The molecule has 0 saturated carbocycles. The minimum atomic E-state index is -0.404. The van der Waals surface area contributed by atoms with E-state index >= 15 is 0 Å². The van der Waals surface area contributed by atoms with Crippen LogP contribution in [0.4, 0.5) is 8.78 Å². The van der Waals surface area contributed by atoms with Crippen LogP contribution >= 0.6 is 11.8 Å². The first-order valence-electron chi connectivity index (χ1n) is 11.6. The molecule has 0 spiro atoms. The Balaban J connectivity index is 1.29. The third-order valence-electron chi connectivity index (χ3n) is 5.57. The molecule has 0 aliphatic carbocycles. The number of para-hydroxylation sites is 2. The number of carbonyl (C=O) groups excluding carboxylic acids is 2. The molecule has 1 heterocycles. The van der Waals surface area contributed by atoms with Gasteiger partial charge in [-0.2, -0.15) is 0 Å². The summed E-state index contributed by atoms with van der Waals surface area (Å²) in [5.74, 6) is -0.223. The number of carbonyl (C=O) groups is 2. The number of nitrogens with one attached hydrogen (secondary N) is 3. The molecule has 0 fully saturated rings.